The van der Waals surface area contributed by atoms with E-state index in [2.05, 4.69) is 21.8 Å². The fraction of sp³-hybridized carbons (Fsp3) is 0.750. The van der Waals surface area contributed by atoms with E-state index in [1.54, 1.807) is 7.11 Å². The molecule has 1 heterocycles. The zero-order chi connectivity index (χ0) is 11.4. The summed E-state index contributed by atoms with van der Waals surface area (Å²) in [5.41, 5.74) is 0. The van der Waals surface area contributed by atoms with E-state index >= 15 is 0 Å². The van der Waals surface area contributed by atoms with Gasteiger partial charge in [0, 0.05) is 32.1 Å². The van der Waals surface area contributed by atoms with Gasteiger partial charge < -0.3 is 14.6 Å². The quantitative estimate of drug-likeness (QED) is 0.803. The lowest BCUT2D eigenvalue weighted by Crippen LogP contribution is -2.32. The van der Waals surface area contributed by atoms with Crippen LogP contribution in [0.2, 0.25) is 0 Å². The molecule has 4 nitrogen and oxygen atoms in total. The molecule has 0 aliphatic heterocycles. The van der Waals surface area contributed by atoms with Crippen LogP contribution in [-0.2, 0) is 11.3 Å². The van der Waals surface area contributed by atoms with Crippen LogP contribution in [0.5, 0.6) is 0 Å². The SMILES string of the molecule is COCCn1ccnc1NC(C)C1CCC1. The lowest BCUT2D eigenvalue weighted by molar-refractivity contribution is 0.187. The lowest BCUT2D eigenvalue weighted by Gasteiger charge is -2.32. The van der Waals surface area contributed by atoms with E-state index < -0.39 is 0 Å². The monoisotopic (exact) mass is 223 g/mol. The van der Waals surface area contributed by atoms with Crippen molar-refractivity contribution in [2.75, 3.05) is 19.0 Å². The average Bonchev–Trinajstić information content (AvgIpc) is 2.59. The summed E-state index contributed by atoms with van der Waals surface area (Å²) in [7, 11) is 1.72. The van der Waals surface area contributed by atoms with Gasteiger partial charge in [-0.05, 0) is 25.7 Å². The van der Waals surface area contributed by atoms with Crippen molar-refractivity contribution in [1.82, 2.24) is 9.55 Å². The van der Waals surface area contributed by atoms with Crippen LogP contribution in [-0.4, -0.2) is 29.3 Å². The van der Waals surface area contributed by atoms with Gasteiger partial charge in [-0.25, -0.2) is 4.98 Å². The third kappa shape index (κ3) is 2.55. The second-order valence-corrected chi connectivity index (χ2v) is 4.56. The number of imidazole rings is 1. The Labute approximate surface area is 97.0 Å². The van der Waals surface area contributed by atoms with Crippen molar-refractivity contribution >= 4 is 5.95 Å². The van der Waals surface area contributed by atoms with Gasteiger partial charge in [-0.1, -0.05) is 6.42 Å². The molecule has 16 heavy (non-hydrogen) atoms. The fourth-order valence-corrected chi connectivity index (χ4v) is 2.08. The van der Waals surface area contributed by atoms with Gasteiger partial charge in [-0.3, -0.25) is 0 Å². The molecule has 1 N–H and O–H groups in total. The molecule has 0 saturated heterocycles. The predicted molar refractivity (Wildman–Crippen MR) is 64.5 cm³/mol. The Morgan fingerprint density at radius 2 is 2.44 bits per heavy atom. The number of methoxy groups -OCH3 is 1. The Balaban J connectivity index is 1.89. The van der Waals surface area contributed by atoms with Crippen molar-refractivity contribution < 1.29 is 4.74 Å². The third-order valence-electron chi connectivity index (χ3n) is 3.47. The number of nitrogens with zero attached hydrogens (tertiary/aromatic N) is 2. The van der Waals surface area contributed by atoms with Crippen LogP contribution in [0.3, 0.4) is 0 Å². The van der Waals surface area contributed by atoms with Gasteiger partial charge in [0.05, 0.1) is 6.61 Å². The van der Waals surface area contributed by atoms with Crippen LogP contribution in [0.25, 0.3) is 0 Å². The Morgan fingerprint density at radius 1 is 1.62 bits per heavy atom. The molecule has 1 aromatic rings. The van der Waals surface area contributed by atoms with Crippen LogP contribution >= 0.6 is 0 Å². The fourth-order valence-electron chi connectivity index (χ4n) is 2.08. The number of nitrogens with one attached hydrogen (secondary N) is 1. The highest BCUT2D eigenvalue weighted by molar-refractivity contribution is 5.27. The van der Waals surface area contributed by atoms with Crippen molar-refractivity contribution in [1.29, 1.82) is 0 Å². The van der Waals surface area contributed by atoms with Crippen LogP contribution in [0.1, 0.15) is 26.2 Å². The molecule has 2 rings (SSSR count). The van der Waals surface area contributed by atoms with E-state index in [1.807, 2.05) is 12.4 Å². The molecule has 0 spiro atoms. The minimum atomic E-state index is 0.525. The Morgan fingerprint density at radius 3 is 3.06 bits per heavy atom. The van der Waals surface area contributed by atoms with E-state index in [-0.39, 0.29) is 0 Å². The number of hydrogen-bond donors (Lipinski definition) is 1. The van der Waals surface area contributed by atoms with Crippen molar-refractivity contribution in [3.63, 3.8) is 0 Å². The normalized spacial score (nSPS) is 18.1. The molecular weight excluding hydrogens is 202 g/mol. The van der Waals surface area contributed by atoms with E-state index in [4.69, 9.17) is 4.74 Å². The Hall–Kier alpha value is -1.03. The summed E-state index contributed by atoms with van der Waals surface area (Å²) in [6, 6.07) is 0.525. The van der Waals surface area contributed by atoms with E-state index in [0.29, 0.717) is 6.04 Å². The average molecular weight is 223 g/mol. The summed E-state index contributed by atoms with van der Waals surface area (Å²) in [6.07, 6.45) is 7.93. The first-order valence-electron chi connectivity index (χ1n) is 6.08. The van der Waals surface area contributed by atoms with Crippen molar-refractivity contribution in [2.45, 2.75) is 38.8 Å². The standard InChI is InChI=1S/C12H21N3O/c1-10(11-4-3-5-11)14-12-13-6-7-15(12)8-9-16-2/h6-7,10-11H,3-5,8-9H2,1-2H3,(H,13,14). The highest BCUT2D eigenvalue weighted by Crippen LogP contribution is 2.30. The second-order valence-electron chi connectivity index (χ2n) is 4.56. The minimum absolute atomic E-state index is 0.525. The zero-order valence-electron chi connectivity index (χ0n) is 10.1. The molecule has 1 aromatic heterocycles. The molecule has 0 aromatic carbocycles. The van der Waals surface area contributed by atoms with E-state index in [0.717, 1.165) is 25.0 Å². The molecule has 0 amide bonds. The van der Waals surface area contributed by atoms with Gasteiger partial charge in [-0.15, -0.1) is 0 Å². The van der Waals surface area contributed by atoms with Crippen LogP contribution in [0.15, 0.2) is 12.4 Å². The summed E-state index contributed by atoms with van der Waals surface area (Å²) >= 11 is 0. The minimum Gasteiger partial charge on any atom is -0.383 e. The maximum absolute atomic E-state index is 5.08. The van der Waals surface area contributed by atoms with E-state index in [1.165, 1.54) is 19.3 Å². The zero-order valence-corrected chi connectivity index (χ0v) is 10.1. The molecule has 0 bridgehead atoms. The van der Waals surface area contributed by atoms with Crippen LogP contribution < -0.4 is 5.32 Å². The summed E-state index contributed by atoms with van der Waals surface area (Å²) < 4.78 is 7.19. The van der Waals surface area contributed by atoms with Gasteiger partial charge in [-0.2, -0.15) is 0 Å². The maximum Gasteiger partial charge on any atom is 0.203 e. The summed E-state index contributed by atoms with van der Waals surface area (Å²) in [6.45, 7) is 3.83. The van der Waals surface area contributed by atoms with Gasteiger partial charge >= 0.3 is 0 Å². The molecule has 1 saturated carbocycles. The molecule has 90 valence electrons. The maximum atomic E-state index is 5.08. The van der Waals surface area contributed by atoms with Gasteiger partial charge in [0.15, 0.2) is 0 Å². The van der Waals surface area contributed by atoms with Crippen LogP contribution in [0, 0.1) is 5.92 Å². The number of aromatic nitrogens is 2. The summed E-state index contributed by atoms with van der Waals surface area (Å²) in [5, 5.41) is 3.50. The molecule has 0 radical (unpaired) electrons. The Bertz CT molecular complexity index is 320. The molecule has 1 unspecified atom stereocenters. The molecular formula is C12H21N3O. The number of ether oxygens (including phenoxy) is 1. The van der Waals surface area contributed by atoms with Crippen molar-refractivity contribution in [3.05, 3.63) is 12.4 Å². The molecule has 1 aliphatic carbocycles. The van der Waals surface area contributed by atoms with Gasteiger partial charge in [0.2, 0.25) is 5.95 Å². The predicted octanol–water partition coefficient (Wildman–Crippen LogP) is 2.13. The second kappa shape index (κ2) is 5.34. The molecule has 1 aliphatic rings. The molecule has 4 heteroatoms. The lowest BCUT2D eigenvalue weighted by atomic mass is 9.80. The van der Waals surface area contributed by atoms with E-state index in [9.17, 15) is 0 Å². The summed E-state index contributed by atoms with van der Waals surface area (Å²) in [4.78, 5) is 4.35. The first-order valence-corrected chi connectivity index (χ1v) is 6.08. The third-order valence-corrected chi connectivity index (χ3v) is 3.47. The van der Waals surface area contributed by atoms with Crippen molar-refractivity contribution in [2.24, 2.45) is 5.92 Å². The van der Waals surface area contributed by atoms with Crippen LogP contribution in [0.4, 0.5) is 5.95 Å². The molecule has 1 fully saturated rings. The number of rotatable bonds is 6. The first kappa shape index (κ1) is 11.5. The highest BCUT2D eigenvalue weighted by atomic mass is 16.5. The Kier molecular flexibility index (Phi) is 3.83. The van der Waals surface area contributed by atoms with Crippen molar-refractivity contribution in [3.8, 4) is 0 Å². The number of anilines is 1. The topological polar surface area (TPSA) is 39.1 Å². The van der Waals surface area contributed by atoms with Gasteiger partial charge in [0.1, 0.15) is 0 Å². The summed E-state index contributed by atoms with van der Waals surface area (Å²) in [5.74, 6) is 1.80. The number of hydrogen-bond acceptors (Lipinski definition) is 3. The highest BCUT2D eigenvalue weighted by Gasteiger charge is 2.24. The van der Waals surface area contributed by atoms with Gasteiger partial charge in [0.25, 0.3) is 0 Å². The largest absolute Gasteiger partial charge is 0.383 e. The first-order chi connectivity index (χ1) is 7.81. The smallest absolute Gasteiger partial charge is 0.203 e. The molecule has 1 atom stereocenters.